The molecule has 3 rings (SSSR count). The highest BCUT2D eigenvalue weighted by molar-refractivity contribution is 7.10. The van der Waals surface area contributed by atoms with Gasteiger partial charge < -0.3 is 10.2 Å². The van der Waals surface area contributed by atoms with E-state index in [1.54, 1.807) is 11.3 Å². The Kier molecular flexibility index (Phi) is 3.26. The highest BCUT2D eigenvalue weighted by Crippen LogP contribution is 2.34. The van der Waals surface area contributed by atoms with Crippen molar-refractivity contribution in [3.63, 3.8) is 0 Å². The molecule has 0 fully saturated rings. The summed E-state index contributed by atoms with van der Waals surface area (Å²) in [5.41, 5.74) is 1.90. The summed E-state index contributed by atoms with van der Waals surface area (Å²) in [5, 5.41) is 5.50. The fourth-order valence-corrected chi connectivity index (χ4v) is 3.28. The monoisotopic (exact) mass is 286 g/mol. The quantitative estimate of drug-likeness (QED) is 0.916. The average molecular weight is 286 g/mol. The van der Waals surface area contributed by atoms with Crippen LogP contribution in [0.25, 0.3) is 0 Å². The lowest BCUT2D eigenvalue weighted by Crippen LogP contribution is -2.51. The Morgan fingerprint density at radius 1 is 1.30 bits per heavy atom. The van der Waals surface area contributed by atoms with Crippen molar-refractivity contribution in [3.05, 3.63) is 46.7 Å². The van der Waals surface area contributed by atoms with Gasteiger partial charge in [-0.25, -0.2) is 0 Å². The number of carbonyl (C=O) groups is 1. The lowest BCUT2D eigenvalue weighted by molar-refractivity contribution is -0.118. The van der Waals surface area contributed by atoms with Gasteiger partial charge in [-0.3, -0.25) is 4.79 Å². The molecule has 0 unspecified atom stereocenters. The van der Waals surface area contributed by atoms with Crippen molar-refractivity contribution >= 4 is 28.6 Å². The molecule has 1 aromatic carbocycles. The molecule has 2 heterocycles. The summed E-state index contributed by atoms with van der Waals surface area (Å²) in [6, 6.07) is 12.0. The molecule has 20 heavy (non-hydrogen) atoms. The van der Waals surface area contributed by atoms with Crippen LogP contribution < -0.4 is 10.2 Å². The SMILES string of the molecule is CC1(C)CN(C(=O)Cc2cccs2)c2ccccc2N1. The first-order valence-corrected chi connectivity index (χ1v) is 7.63. The Morgan fingerprint density at radius 3 is 2.85 bits per heavy atom. The molecule has 4 heteroatoms. The van der Waals surface area contributed by atoms with Gasteiger partial charge >= 0.3 is 0 Å². The molecule has 0 radical (unpaired) electrons. The van der Waals surface area contributed by atoms with Crippen molar-refractivity contribution in [1.29, 1.82) is 0 Å². The zero-order chi connectivity index (χ0) is 14.2. The second-order valence-electron chi connectivity index (χ2n) is 5.76. The summed E-state index contributed by atoms with van der Waals surface area (Å²) in [6.45, 7) is 4.93. The standard InChI is InChI=1S/C16H18N2OS/c1-16(2)11-18(14-8-4-3-7-13(14)17-16)15(19)10-12-6-5-9-20-12/h3-9,17H,10-11H2,1-2H3. The summed E-state index contributed by atoms with van der Waals surface area (Å²) < 4.78 is 0. The number of amides is 1. The maximum Gasteiger partial charge on any atom is 0.232 e. The minimum Gasteiger partial charge on any atom is -0.377 e. The first kappa shape index (κ1) is 13.2. The smallest absolute Gasteiger partial charge is 0.232 e. The Labute approximate surface area is 123 Å². The number of rotatable bonds is 2. The Hall–Kier alpha value is -1.81. The van der Waals surface area contributed by atoms with Gasteiger partial charge in [0.25, 0.3) is 0 Å². The number of nitrogens with one attached hydrogen (secondary N) is 1. The van der Waals surface area contributed by atoms with E-state index in [1.807, 2.05) is 46.7 Å². The second kappa shape index (κ2) is 4.94. The number of para-hydroxylation sites is 2. The highest BCUT2D eigenvalue weighted by Gasteiger charge is 2.32. The summed E-state index contributed by atoms with van der Waals surface area (Å²) in [7, 11) is 0. The number of fused-ring (bicyclic) bond motifs is 1. The van der Waals surface area contributed by atoms with Gasteiger partial charge in [-0.1, -0.05) is 18.2 Å². The number of hydrogen-bond acceptors (Lipinski definition) is 3. The van der Waals surface area contributed by atoms with Crippen molar-refractivity contribution in [2.24, 2.45) is 0 Å². The Morgan fingerprint density at radius 2 is 2.10 bits per heavy atom. The van der Waals surface area contributed by atoms with Gasteiger partial charge in [0.05, 0.1) is 17.8 Å². The van der Waals surface area contributed by atoms with E-state index in [0.717, 1.165) is 16.3 Å². The topological polar surface area (TPSA) is 32.3 Å². The van der Waals surface area contributed by atoms with Crippen LogP contribution in [0.3, 0.4) is 0 Å². The second-order valence-corrected chi connectivity index (χ2v) is 6.79. The fourth-order valence-electron chi connectivity index (χ4n) is 2.58. The highest BCUT2D eigenvalue weighted by atomic mass is 32.1. The van der Waals surface area contributed by atoms with Crippen LogP contribution in [-0.2, 0) is 11.2 Å². The van der Waals surface area contributed by atoms with Crippen molar-refractivity contribution in [2.75, 3.05) is 16.8 Å². The molecule has 3 nitrogen and oxygen atoms in total. The first-order valence-electron chi connectivity index (χ1n) is 6.75. The van der Waals surface area contributed by atoms with Gasteiger partial charge in [-0.05, 0) is 37.4 Å². The van der Waals surface area contributed by atoms with Gasteiger partial charge in [0, 0.05) is 17.0 Å². The summed E-state index contributed by atoms with van der Waals surface area (Å²) in [6.07, 6.45) is 0.474. The van der Waals surface area contributed by atoms with Crippen molar-refractivity contribution in [1.82, 2.24) is 0 Å². The lowest BCUT2D eigenvalue weighted by Gasteiger charge is -2.40. The largest absolute Gasteiger partial charge is 0.377 e. The third-order valence-corrected chi connectivity index (χ3v) is 4.30. The van der Waals surface area contributed by atoms with E-state index in [1.165, 1.54) is 0 Å². The molecule has 1 amide bonds. The Bertz CT molecular complexity index is 619. The molecule has 0 spiro atoms. The fraction of sp³-hybridized carbons (Fsp3) is 0.312. The van der Waals surface area contributed by atoms with Crippen LogP contribution in [0, 0.1) is 0 Å². The molecule has 1 aliphatic heterocycles. The van der Waals surface area contributed by atoms with Gasteiger partial charge in [0.2, 0.25) is 5.91 Å². The zero-order valence-electron chi connectivity index (χ0n) is 11.7. The van der Waals surface area contributed by atoms with E-state index in [9.17, 15) is 4.79 Å². The zero-order valence-corrected chi connectivity index (χ0v) is 12.5. The van der Waals surface area contributed by atoms with Crippen LogP contribution in [0.2, 0.25) is 0 Å². The molecule has 0 saturated carbocycles. The van der Waals surface area contributed by atoms with Crippen molar-refractivity contribution < 1.29 is 4.79 Å². The van der Waals surface area contributed by atoms with Crippen LogP contribution in [0.15, 0.2) is 41.8 Å². The van der Waals surface area contributed by atoms with Gasteiger partial charge in [0.1, 0.15) is 0 Å². The third-order valence-electron chi connectivity index (χ3n) is 3.43. The molecule has 0 atom stereocenters. The van der Waals surface area contributed by atoms with Gasteiger partial charge in [-0.15, -0.1) is 11.3 Å². The molecule has 2 aromatic rings. The van der Waals surface area contributed by atoms with Crippen LogP contribution in [0.1, 0.15) is 18.7 Å². The van der Waals surface area contributed by atoms with Crippen LogP contribution in [0.5, 0.6) is 0 Å². The van der Waals surface area contributed by atoms with E-state index < -0.39 is 0 Å². The average Bonchev–Trinajstić information content (AvgIpc) is 2.89. The maximum atomic E-state index is 12.6. The molecule has 0 saturated heterocycles. The normalized spacial score (nSPS) is 16.4. The predicted molar refractivity (Wildman–Crippen MR) is 84.5 cm³/mol. The minimum absolute atomic E-state index is 0.112. The number of benzene rings is 1. The maximum absolute atomic E-state index is 12.6. The van der Waals surface area contributed by atoms with E-state index in [4.69, 9.17) is 0 Å². The van der Waals surface area contributed by atoms with Crippen molar-refractivity contribution in [2.45, 2.75) is 25.8 Å². The van der Waals surface area contributed by atoms with Crippen LogP contribution in [0.4, 0.5) is 11.4 Å². The summed E-state index contributed by atoms with van der Waals surface area (Å²) >= 11 is 1.63. The van der Waals surface area contributed by atoms with Crippen LogP contribution in [-0.4, -0.2) is 18.0 Å². The number of nitrogens with zero attached hydrogens (tertiary/aromatic N) is 1. The lowest BCUT2D eigenvalue weighted by atomic mass is 9.99. The number of carbonyl (C=O) groups excluding carboxylic acids is 1. The number of hydrogen-bond donors (Lipinski definition) is 1. The molecule has 0 bridgehead atoms. The van der Waals surface area contributed by atoms with Gasteiger partial charge in [-0.2, -0.15) is 0 Å². The number of thiophene rings is 1. The van der Waals surface area contributed by atoms with E-state index in [-0.39, 0.29) is 11.4 Å². The molecular formula is C16H18N2OS. The molecule has 0 aliphatic carbocycles. The van der Waals surface area contributed by atoms with Gasteiger partial charge in [0.15, 0.2) is 0 Å². The molecule has 1 aliphatic rings. The first-order chi connectivity index (χ1) is 9.55. The van der Waals surface area contributed by atoms with E-state index >= 15 is 0 Å². The van der Waals surface area contributed by atoms with E-state index in [0.29, 0.717) is 13.0 Å². The summed E-state index contributed by atoms with van der Waals surface area (Å²) in [5.74, 6) is 0.162. The third kappa shape index (κ3) is 2.56. The Balaban J connectivity index is 1.90. The molecule has 104 valence electrons. The van der Waals surface area contributed by atoms with Crippen molar-refractivity contribution in [3.8, 4) is 0 Å². The molecule has 1 N–H and O–H groups in total. The predicted octanol–water partition coefficient (Wildman–Crippen LogP) is 3.53. The van der Waals surface area contributed by atoms with Crippen LogP contribution >= 0.6 is 11.3 Å². The minimum atomic E-state index is -0.112. The summed E-state index contributed by atoms with van der Waals surface area (Å²) in [4.78, 5) is 15.6. The molecule has 1 aromatic heterocycles. The molecular weight excluding hydrogens is 268 g/mol. The van der Waals surface area contributed by atoms with E-state index in [2.05, 4.69) is 19.2 Å². The number of anilines is 2.